The fraction of sp³-hybridized carbons (Fsp3) is 0.700. The fourth-order valence-electron chi connectivity index (χ4n) is 2.17. The number of aliphatic hydroxyl groups excluding tert-OH is 2. The van der Waals surface area contributed by atoms with Crippen LogP contribution in [-0.4, -0.2) is 32.2 Å². The molecule has 2 unspecified atom stereocenters. The van der Waals surface area contributed by atoms with Crippen molar-refractivity contribution in [3.8, 4) is 0 Å². The fourth-order valence-corrected chi connectivity index (χ4v) is 2.52. The standard InChI is InChI=1S/C10H15IN2O2/c1-5-10(11)6(2)13(12-5)7-3-8(14)9(15)4-7/h7-9,14-15H,3-4H2,1-2H3. The summed E-state index contributed by atoms with van der Waals surface area (Å²) < 4.78 is 3.11. The zero-order chi connectivity index (χ0) is 11.2. The second-order valence-electron chi connectivity index (χ2n) is 4.19. The van der Waals surface area contributed by atoms with E-state index in [2.05, 4.69) is 27.7 Å². The van der Waals surface area contributed by atoms with Gasteiger partial charge in [0.15, 0.2) is 0 Å². The smallest absolute Gasteiger partial charge is 0.0820 e. The molecule has 0 bridgehead atoms. The van der Waals surface area contributed by atoms with Crippen molar-refractivity contribution in [3.05, 3.63) is 15.0 Å². The maximum absolute atomic E-state index is 9.50. The Hall–Kier alpha value is -0.140. The highest BCUT2D eigenvalue weighted by atomic mass is 127. The lowest BCUT2D eigenvalue weighted by molar-refractivity contribution is 0.0438. The van der Waals surface area contributed by atoms with Crippen molar-refractivity contribution in [2.45, 2.75) is 44.9 Å². The van der Waals surface area contributed by atoms with Crippen molar-refractivity contribution >= 4 is 22.6 Å². The molecule has 1 fully saturated rings. The number of hydrogen-bond donors (Lipinski definition) is 2. The molecule has 0 radical (unpaired) electrons. The van der Waals surface area contributed by atoms with E-state index < -0.39 is 12.2 Å². The number of aromatic nitrogens is 2. The molecule has 2 atom stereocenters. The molecule has 4 nitrogen and oxygen atoms in total. The molecule has 84 valence electrons. The Morgan fingerprint density at radius 2 is 1.80 bits per heavy atom. The third-order valence-corrected chi connectivity index (χ3v) is 4.62. The van der Waals surface area contributed by atoms with Crippen LogP contribution in [0.4, 0.5) is 0 Å². The minimum atomic E-state index is -0.600. The summed E-state index contributed by atoms with van der Waals surface area (Å²) in [5.74, 6) is 0. The number of aliphatic hydroxyl groups is 2. The van der Waals surface area contributed by atoms with E-state index in [1.165, 1.54) is 3.57 Å². The molecule has 1 aliphatic rings. The molecule has 15 heavy (non-hydrogen) atoms. The predicted molar refractivity (Wildman–Crippen MR) is 64.7 cm³/mol. The molecule has 0 aliphatic heterocycles. The van der Waals surface area contributed by atoms with Gasteiger partial charge in [-0.15, -0.1) is 0 Å². The Bertz CT molecular complexity index is 368. The van der Waals surface area contributed by atoms with Crippen LogP contribution in [0.2, 0.25) is 0 Å². The van der Waals surface area contributed by atoms with E-state index in [1.807, 2.05) is 18.5 Å². The normalized spacial score (nSPS) is 31.1. The van der Waals surface area contributed by atoms with Crippen molar-refractivity contribution < 1.29 is 10.2 Å². The molecule has 2 N–H and O–H groups in total. The Morgan fingerprint density at radius 1 is 1.27 bits per heavy atom. The van der Waals surface area contributed by atoms with Crippen LogP contribution in [-0.2, 0) is 0 Å². The van der Waals surface area contributed by atoms with Crippen LogP contribution < -0.4 is 0 Å². The number of aryl methyl sites for hydroxylation is 1. The molecule has 0 aromatic carbocycles. The third-order valence-electron chi connectivity index (χ3n) is 3.05. The summed E-state index contributed by atoms with van der Waals surface area (Å²) in [6, 6.07) is 0.136. The summed E-state index contributed by atoms with van der Waals surface area (Å²) in [5.41, 5.74) is 2.14. The van der Waals surface area contributed by atoms with Gasteiger partial charge in [-0.25, -0.2) is 0 Å². The summed E-state index contributed by atoms with van der Waals surface area (Å²) in [4.78, 5) is 0. The largest absolute Gasteiger partial charge is 0.390 e. The SMILES string of the molecule is Cc1nn(C2CC(O)C(O)C2)c(C)c1I. The molecule has 0 saturated heterocycles. The molecule has 5 heteroatoms. The van der Waals surface area contributed by atoms with Gasteiger partial charge >= 0.3 is 0 Å². The number of halogens is 1. The maximum atomic E-state index is 9.50. The first kappa shape index (κ1) is 11.3. The summed E-state index contributed by atoms with van der Waals surface area (Å²) >= 11 is 2.28. The van der Waals surface area contributed by atoms with Gasteiger partial charge in [-0.2, -0.15) is 5.10 Å². The van der Waals surface area contributed by atoms with Gasteiger partial charge in [0.25, 0.3) is 0 Å². The van der Waals surface area contributed by atoms with Gasteiger partial charge in [0.1, 0.15) is 0 Å². The molecule has 1 aromatic heterocycles. The number of nitrogens with zero attached hydrogens (tertiary/aromatic N) is 2. The predicted octanol–water partition coefficient (Wildman–Crippen LogP) is 1.16. The molecule has 1 saturated carbocycles. The second-order valence-corrected chi connectivity index (χ2v) is 5.27. The van der Waals surface area contributed by atoms with E-state index >= 15 is 0 Å². The molecule has 1 aromatic rings. The van der Waals surface area contributed by atoms with Crippen LogP contribution in [0.5, 0.6) is 0 Å². The lowest BCUT2D eigenvalue weighted by Gasteiger charge is -2.11. The molecule has 2 rings (SSSR count). The van der Waals surface area contributed by atoms with E-state index in [0.717, 1.165) is 11.4 Å². The summed E-state index contributed by atoms with van der Waals surface area (Å²) in [6.45, 7) is 4.01. The van der Waals surface area contributed by atoms with Crippen LogP contribution in [0, 0.1) is 17.4 Å². The van der Waals surface area contributed by atoms with E-state index in [9.17, 15) is 10.2 Å². The van der Waals surface area contributed by atoms with Gasteiger partial charge < -0.3 is 10.2 Å². The molecule has 0 spiro atoms. The second kappa shape index (κ2) is 4.03. The molecule has 1 heterocycles. The zero-order valence-electron chi connectivity index (χ0n) is 8.81. The average Bonchev–Trinajstić information content (AvgIpc) is 2.63. The minimum Gasteiger partial charge on any atom is -0.390 e. The monoisotopic (exact) mass is 322 g/mol. The minimum absolute atomic E-state index is 0.136. The Balaban J connectivity index is 2.28. The first-order valence-electron chi connectivity index (χ1n) is 5.08. The van der Waals surface area contributed by atoms with Crippen molar-refractivity contribution in [1.29, 1.82) is 0 Å². The Labute approximate surface area is 102 Å². The summed E-state index contributed by atoms with van der Waals surface area (Å²) in [7, 11) is 0. The van der Waals surface area contributed by atoms with Gasteiger partial charge in [0.2, 0.25) is 0 Å². The van der Waals surface area contributed by atoms with Crippen molar-refractivity contribution in [2.75, 3.05) is 0 Å². The van der Waals surface area contributed by atoms with Gasteiger partial charge in [0, 0.05) is 5.69 Å². The highest BCUT2D eigenvalue weighted by molar-refractivity contribution is 14.1. The van der Waals surface area contributed by atoms with Crippen LogP contribution in [0.25, 0.3) is 0 Å². The third kappa shape index (κ3) is 1.92. The lowest BCUT2D eigenvalue weighted by atomic mass is 10.2. The first-order valence-corrected chi connectivity index (χ1v) is 6.16. The Morgan fingerprint density at radius 3 is 2.20 bits per heavy atom. The number of hydrogen-bond acceptors (Lipinski definition) is 3. The van der Waals surface area contributed by atoms with Gasteiger partial charge in [-0.05, 0) is 49.3 Å². The summed E-state index contributed by atoms with van der Waals surface area (Å²) in [5, 5.41) is 23.5. The van der Waals surface area contributed by atoms with Crippen molar-refractivity contribution in [3.63, 3.8) is 0 Å². The maximum Gasteiger partial charge on any atom is 0.0820 e. The van der Waals surface area contributed by atoms with Crippen LogP contribution >= 0.6 is 22.6 Å². The molecule has 1 aliphatic carbocycles. The molecular formula is C10H15IN2O2. The van der Waals surface area contributed by atoms with Crippen molar-refractivity contribution in [2.24, 2.45) is 0 Å². The van der Waals surface area contributed by atoms with Crippen LogP contribution in [0.15, 0.2) is 0 Å². The first-order chi connectivity index (χ1) is 7.00. The molecule has 0 amide bonds. The highest BCUT2D eigenvalue weighted by Gasteiger charge is 2.34. The number of rotatable bonds is 1. The average molecular weight is 322 g/mol. The quantitative estimate of drug-likeness (QED) is 0.763. The highest BCUT2D eigenvalue weighted by Crippen LogP contribution is 2.32. The topological polar surface area (TPSA) is 58.3 Å². The molecular weight excluding hydrogens is 307 g/mol. The lowest BCUT2D eigenvalue weighted by Crippen LogP contribution is -2.17. The van der Waals surface area contributed by atoms with E-state index in [0.29, 0.717) is 12.8 Å². The zero-order valence-corrected chi connectivity index (χ0v) is 11.0. The van der Waals surface area contributed by atoms with Crippen LogP contribution in [0.1, 0.15) is 30.3 Å². The summed E-state index contributed by atoms with van der Waals surface area (Å²) in [6.07, 6.45) is -0.00793. The van der Waals surface area contributed by atoms with Crippen LogP contribution in [0.3, 0.4) is 0 Å². The van der Waals surface area contributed by atoms with E-state index in [1.54, 1.807) is 0 Å². The van der Waals surface area contributed by atoms with E-state index in [4.69, 9.17) is 0 Å². The van der Waals surface area contributed by atoms with E-state index in [-0.39, 0.29) is 6.04 Å². The Kier molecular flexibility index (Phi) is 3.05. The van der Waals surface area contributed by atoms with Gasteiger partial charge in [-0.1, -0.05) is 0 Å². The van der Waals surface area contributed by atoms with Gasteiger partial charge in [-0.3, -0.25) is 4.68 Å². The van der Waals surface area contributed by atoms with Gasteiger partial charge in [0.05, 0.1) is 27.5 Å². The van der Waals surface area contributed by atoms with Crippen molar-refractivity contribution in [1.82, 2.24) is 9.78 Å².